The number of likely N-dealkylation sites (tertiary alicyclic amines) is 1. The van der Waals surface area contributed by atoms with Crippen molar-refractivity contribution in [1.82, 2.24) is 15.1 Å². The molecular formula is C23H35IN4O4. The summed E-state index contributed by atoms with van der Waals surface area (Å²) in [4.78, 5) is 33.1. The number of hydrogen-bond acceptors (Lipinski definition) is 5. The summed E-state index contributed by atoms with van der Waals surface area (Å²) in [5.74, 6) is 0.697. The third-order valence-corrected chi connectivity index (χ3v) is 5.99. The first-order valence-corrected chi connectivity index (χ1v) is 10.9. The molecule has 0 radical (unpaired) electrons. The molecule has 1 aromatic rings. The fourth-order valence-corrected chi connectivity index (χ4v) is 4.40. The second-order valence-corrected chi connectivity index (χ2v) is 8.58. The van der Waals surface area contributed by atoms with E-state index in [0.717, 1.165) is 18.1 Å². The van der Waals surface area contributed by atoms with E-state index in [4.69, 9.17) is 9.47 Å². The van der Waals surface area contributed by atoms with E-state index >= 15 is 0 Å². The number of benzene rings is 1. The van der Waals surface area contributed by atoms with E-state index in [1.807, 2.05) is 43.0 Å². The number of aliphatic imine (C=N–C) groups is 1. The number of hydrogen-bond donors (Lipinski definition) is 1. The van der Waals surface area contributed by atoms with Crippen LogP contribution in [0.25, 0.3) is 0 Å². The molecule has 2 fully saturated rings. The lowest BCUT2D eigenvalue weighted by Gasteiger charge is -2.35. The maximum Gasteiger partial charge on any atom is 0.310 e. The molecule has 8 nitrogen and oxygen atoms in total. The van der Waals surface area contributed by atoms with E-state index in [2.05, 4.69) is 22.1 Å². The fourth-order valence-electron chi connectivity index (χ4n) is 4.40. The number of amides is 1. The van der Waals surface area contributed by atoms with Crippen LogP contribution in [-0.2, 0) is 20.8 Å². The van der Waals surface area contributed by atoms with Crippen LogP contribution in [0.1, 0.15) is 36.7 Å². The van der Waals surface area contributed by atoms with Crippen molar-refractivity contribution in [3.63, 3.8) is 0 Å². The first kappa shape index (κ1) is 26.4. The van der Waals surface area contributed by atoms with Crippen molar-refractivity contribution in [2.75, 3.05) is 40.3 Å². The Morgan fingerprint density at radius 2 is 1.69 bits per heavy atom. The van der Waals surface area contributed by atoms with Gasteiger partial charge in [0.05, 0.1) is 25.2 Å². The number of guanidine groups is 1. The molecule has 2 saturated heterocycles. The highest BCUT2D eigenvalue weighted by molar-refractivity contribution is 14.0. The number of halogens is 1. The molecule has 2 aliphatic rings. The Kier molecular flexibility index (Phi) is 9.75. The van der Waals surface area contributed by atoms with Crippen LogP contribution in [0.4, 0.5) is 0 Å². The summed E-state index contributed by atoms with van der Waals surface area (Å²) in [7, 11) is 3.17. The number of ether oxygens (including phenoxy) is 2. The zero-order chi connectivity index (χ0) is 22.5. The molecule has 3 rings (SSSR count). The molecule has 0 bridgehead atoms. The molecule has 178 valence electrons. The largest absolute Gasteiger partial charge is 0.469 e. The molecule has 9 heteroatoms. The van der Waals surface area contributed by atoms with E-state index in [1.54, 1.807) is 7.05 Å². The Labute approximate surface area is 207 Å². The van der Waals surface area contributed by atoms with Gasteiger partial charge in [0.1, 0.15) is 0 Å². The maximum atomic E-state index is 12.8. The molecule has 0 saturated carbocycles. The summed E-state index contributed by atoms with van der Waals surface area (Å²) < 4.78 is 10.6. The Morgan fingerprint density at radius 1 is 1.06 bits per heavy atom. The summed E-state index contributed by atoms with van der Waals surface area (Å²) in [6, 6.07) is 7.67. The topological polar surface area (TPSA) is 83.5 Å². The minimum atomic E-state index is -0.172. The third-order valence-electron chi connectivity index (χ3n) is 5.99. The molecule has 32 heavy (non-hydrogen) atoms. The van der Waals surface area contributed by atoms with Gasteiger partial charge in [-0.3, -0.25) is 14.6 Å². The highest BCUT2D eigenvalue weighted by Gasteiger charge is 2.36. The van der Waals surface area contributed by atoms with Crippen molar-refractivity contribution in [3.05, 3.63) is 35.4 Å². The third kappa shape index (κ3) is 6.34. The van der Waals surface area contributed by atoms with Gasteiger partial charge in [0.2, 0.25) is 0 Å². The number of rotatable bonds is 4. The second-order valence-electron chi connectivity index (χ2n) is 8.58. The van der Waals surface area contributed by atoms with Crippen LogP contribution in [0.3, 0.4) is 0 Å². The maximum absolute atomic E-state index is 12.8. The summed E-state index contributed by atoms with van der Waals surface area (Å²) in [5.41, 5.74) is 1.74. The number of methoxy groups -OCH3 is 1. The Balaban J connectivity index is 0.00000363. The Bertz CT molecular complexity index is 807. The molecule has 1 aromatic carbocycles. The van der Waals surface area contributed by atoms with E-state index in [-0.39, 0.29) is 59.9 Å². The summed E-state index contributed by atoms with van der Waals surface area (Å²) in [6.07, 6.45) is 0.102. The number of esters is 1. The molecule has 1 N–H and O–H groups in total. The highest BCUT2D eigenvalue weighted by atomic mass is 127. The Hall–Kier alpha value is -1.88. The van der Waals surface area contributed by atoms with Gasteiger partial charge in [0, 0.05) is 45.3 Å². The quantitative estimate of drug-likeness (QED) is 0.265. The average Bonchev–Trinajstić information content (AvgIpc) is 3.14. The number of carbonyl (C=O) groups excluding carboxylic acids is 2. The van der Waals surface area contributed by atoms with Crippen molar-refractivity contribution in [1.29, 1.82) is 0 Å². The fraction of sp³-hybridized carbons (Fsp3) is 0.609. The van der Waals surface area contributed by atoms with Gasteiger partial charge in [-0.15, -0.1) is 24.0 Å². The van der Waals surface area contributed by atoms with Crippen LogP contribution < -0.4 is 5.32 Å². The van der Waals surface area contributed by atoms with Crippen LogP contribution in [0.2, 0.25) is 0 Å². The van der Waals surface area contributed by atoms with Crippen molar-refractivity contribution in [2.24, 2.45) is 16.8 Å². The Morgan fingerprint density at radius 3 is 2.25 bits per heavy atom. The van der Waals surface area contributed by atoms with Crippen molar-refractivity contribution in [3.8, 4) is 0 Å². The first-order chi connectivity index (χ1) is 14.8. The van der Waals surface area contributed by atoms with Crippen LogP contribution >= 0.6 is 24.0 Å². The van der Waals surface area contributed by atoms with E-state index in [9.17, 15) is 9.59 Å². The molecule has 4 atom stereocenters. The van der Waals surface area contributed by atoms with Crippen molar-refractivity contribution >= 4 is 41.8 Å². The number of nitrogens with zero attached hydrogens (tertiary/aromatic N) is 3. The van der Waals surface area contributed by atoms with Gasteiger partial charge in [-0.25, -0.2) is 0 Å². The number of nitrogens with one attached hydrogen (secondary N) is 1. The summed E-state index contributed by atoms with van der Waals surface area (Å²) in [5, 5.41) is 3.36. The standard InChI is InChI=1S/C23H34N4O4.HI/c1-15-11-27(14-20(15)22(29)30-5)23(24-4)25-10-18-6-8-19(9-7-18)21(28)26-12-16(2)31-17(3)13-26;/h6-9,15-17,20H,10-14H2,1-5H3,(H,24,25);1H. The minimum absolute atomic E-state index is 0. The SMILES string of the molecule is CN=C(NCc1ccc(C(=O)N2CC(C)OC(C)C2)cc1)N1CC(C)C(C(=O)OC)C1.I. The zero-order valence-electron chi connectivity index (χ0n) is 19.5. The van der Waals surface area contributed by atoms with Gasteiger partial charge in [0.15, 0.2) is 5.96 Å². The van der Waals surface area contributed by atoms with Gasteiger partial charge in [-0.2, -0.15) is 0 Å². The molecule has 2 aliphatic heterocycles. The lowest BCUT2D eigenvalue weighted by molar-refractivity contribution is -0.145. The van der Waals surface area contributed by atoms with Crippen LogP contribution in [0, 0.1) is 11.8 Å². The number of morpholine rings is 1. The molecule has 0 aromatic heterocycles. The van der Waals surface area contributed by atoms with Gasteiger partial charge < -0.3 is 24.6 Å². The van der Waals surface area contributed by atoms with E-state index in [0.29, 0.717) is 31.7 Å². The van der Waals surface area contributed by atoms with E-state index < -0.39 is 0 Å². The molecule has 1 amide bonds. The molecule has 4 unspecified atom stereocenters. The molecule has 0 spiro atoms. The highest BCUT2D eigenvalue weighted by Crippen LogP contribution is 2.24. The van der Waals surface area contributed by atoms with Crippen molar-refractivity contribution < 1.29 is 19.1 Å². The predicted molar refractivity (Wildman–Crippen MR) is 134 cm³/mol. The van der Waals surface area contributed by atoms with Crippen molar-refractivity contribution in [2.45, 2.75) is 39.5 Å². The van der Waals surface area contributed by atoms with Crippen LogP contribution in [0.15, 0.2) is 29.3 Å². The first-order valence-electron chi connectivity index (χ1n) is 10.9. The normalized spacial score (nSPS) is 25.8. The number of carbonyl (C=O) groups is 2. The molecular weight excluding hydrogens is 523 g/mol. The lowest BCUT2D eigenvalue weighted by atomic mass is 9.99. The smallest absolute Gasteiger partial charge is 0.310 e. The van der Waals surface area contributed by atoms with Gasteiger partial charge in [-0.05, 0) is 37.5 Å². The lowest BCUT2D eigenvalue weighted by Crippen LogP contribution is -2.48. The monoisotopic (exact) mass is 558 g/mol. The van der Waals surface area contributed by atoms with E-state index in [1.165, 1.54) is 7.11 Å². The van der Waals surface area contributed by atoms with Gasteiger partial charge in [-0.1, -0.05) is 19.1 Å². The molecule has 0 aliphatic carbocycles. The summed E-state index contributed by atoms with van der Waals surface area (Å²) >= 11 is 0. The summed E-state index contributed by atoms with van der Waals surface area (Å²) in [6.45, 7) is 9.20. The predicted octanol–water partition coefficient (Wildman–Crippen LogP) is 2.37. The average molecular weight is 558 g/mol. The van der Waals surface area contributed by atoms with Gasteiger partial charge in [0.25, 0.3) is 5.91 Å². The second kappa shape index (κ2) is 11.8. The molecule has 2 heterocycles. The minimum Gasteiger partial charge on any atom is -0.469 e. The van der Waals surface area contributed by atoms with Gasteiger partial charge >= 0.3 is 5.97 Å². The zero-order valence-corrected chi connectivity index (χ0v) is 21.9. The van der Waals surface area contributed by atoms with Crippen LogP contribution in [-0.4, -0.2) is 80.2 Å². The van der Waals surface area contributed by atoms with Crippen LogP contribution in [0.5, 0.6) is 0 Å².